The minimum absolute atomic E-state index is 0.0850. The first-order valence-corrected chi connectivity index (χ1v) is 7.51. The number of nitro groups is 1. The van der Waals surface area contributed by atoms with Crippen LogP contribution in [0.1, 0.15) is 12.0 Å². The second-order valence-corrected chi connectivity index (χ2v) is 5.70. The second-order valence-electron chi connectivity index (χ2n) is 5.70. The summed E-state index contributed by atoms with van der Waals surface area (Å²) in [5.41, 5.74) is 1.31. The van der Waals surface area contributed by atoms with Crippen molar-refractivity contribution in [3.8, 4) is 0 Å². The van der Waals surface area contributed by atoms with Gasteiger partial charge in [-0.2, -0.15) is 0 Å². The standard InChI is InChI=1S/C17H14FN3O4/c1-10-2-5-13(21(24)25)8-14(10)19-15-9-16(22)20(17(15)23)12-6-3-11(18)4-7-12/h2-8,15,19H,9H2,1H3/t15-/m1/s1. The molecule has 2 aromatic carbocycles. The van der Waals surface area contributed by atoms with Crippen molar-refractivity contribution in [1.29, 1.82) is 0 Å². The molecule has 8 heteroatoms. The number of halogens is 1. The number of anilines is 2. The number of imide groups is 1. The highest BCUT2D eigenvalue weighted by atomic mass is 19.1. The number of aryl methyl sites for hydroxylation is 1. The molecule has 1 N–H and O–H groups in total. The molecule has 0 unspecified atom stereocenters. The Kier molecular flexibility index (Phi) is 4.18. The summed E-state index contributed by atoms with van der Waals surface area (Å²) in [7, 11) is 0. The molecular weight excluding hydrogens is 329 g/mol. The molecule has 1 atom stereocenters. The lowest BCUT2D eigenvalue weighted by atomic mass is 10.1. The molecular formula is C17H14FN3O4. The molecule has 7 nitrogen and oxygen atoms in total. The fraction of sp³-hybridized carbons (Fsp3) is 0.176. The SMILES string of the molecule is Cc1ccc([N+](=O)[O-])cc1N[C@@H]1CC(=O)N(c2ccc(F)cc2)C1=O. The average molecular weight is 343 g/mol. The number of carbonyl (C=O) groups is 2. The largest absolute Gasteiger partial charge is 0.373 e. The van der Waals surface area contributed by atoms with Gasteiger partial charge in [-0.1, -0.05) is 6.07 Å². The van der Waals surface area contributed by atoms with Gasteiger partial charge in [0.05, 0.1) is 17.0 Å². The van der Waals surface area contributed by atoms with Gasteiger partial charge in [0.2, 0.25) is 5.91 Å². The average Bonchev–Trinajstić information content (AvgIpc) is 2.84. The van der Waals surface area contributed by atoms with Gasteiger partial charge in [0.15, 0.2) is 0 Å². The maximum absolute atomic E-state index is 13.0. The van der Waals surface area contributed by atoms with Crippen LogP contribution in [0.5, 0.6) is 0 Å². The molecule has 0 spiro atoms. The second kappa shape index (κ2) is 6.31. The van der Waals surface area contributed by atoms with Crippen LogP contribution in [0, 0.1) is 22.9 Å². The van der Waals surface area contributed by atoms with E-state index < -0.39 is 28.6 Å². The molecule has 0 radical (unpaired) electrons. The third-order valence-electron chi connectivity index (χ3n) is 3.99. The summed E-state index contributed by atoms with van der Waals surface area (Å²) in [6, 6.07) is 8.47. The van der Waals surface area contributed by atoms with E-state index in [-0.39, 0.29) is 17.8 Å². The third kappa shape index (κ3) is 3.18. The lowest BCUT2D eigenvalue weighted by Crippen LogP contribution is -2.34. The van der Waals surface area contributed by atoms with Crippen LogP contribution in [0.15, 0.2) is 42.5 Å². The molecule has 2 amide bonds. The van der Waals surface area contributed by atoms with E-state index in [0.29, 0.717) is 11.3 Å². The zero-order valence-electron chi connectivity index (χ0n) is 13.2. The van der Waals surface area contributed by atoms with Crippen LogP contribution in [0.25, 0.3) is 0 Å². The Morgan fingerprint density at radius 2 is 1.88 bits per heavy atom. The van der Waals surface area contributed by atoms with Crippen LogP contribution < -0.4 is 10.2 Å². The molecule has 1 saturated heterocycles. The fourth-order valence-corrected chi connectivity index (χ4v) is 2.67. The number of nitro benzene ring substituents is 1. The Morgan fingerprint density at radius 3 is 2.52 bits per heavy atom. The van der Waals surface area contributed by atoms with Crippen LogP contribution in [-0.4, -0.2) is 22.8 Å². The lowest BCUT2D eigenvalue weighted by molar-refractivity contribution is -0.384. The van der Waals surface area contributed by atoms with Crippen molar-refractivity contribution >= 4 is 28.9 Å². The van der Waals surface area contributed by atoms with E-state index in [1.807, 2.05) is 0 Å². The van der Waals surface area contributed by atoms with E-state index in [4.69, 9.17) is 0 Å². The molecule has 0 aromatic heterocycles. The first-order chi connectivity index (χ1) is 11.9. The van der Waals surface area contributed by atoms with Gasteiger partial charge in [0, 0.05) is 17.8 Å². The van der Waals surface area contributed by atoms with E-state index in [9.17, 15) is 24.1 Å². The Hall–Kier alpha value is -3.29. The van der Waals surface area contributed by atoms with E-state index in [0.717, 1.165) is 4.90 Å². The van der Waals surface area contributed by atoms with Crippen molar-refractivity contribution in [2.45, 2.75) is 19.4 Å². The molecule has 0 saturated carbocycles. The zero-order valence-corrected chi connectivity index (χ0v) is 13.2. The van der Waals surface area contributed by atoms with E-state index >= 15 is 0 Å². The quantitative estimate of drug-likeness (QED) is 0.523. The highest BCUT2D eigenvalue weighted by Crippen LogP contribution is 2.28. The number of hydrogen-bond acceptors (Lipinski definition) is 5. The van der Waals surface area contributed by atoms with Crippen LogP contribution in [0.2, 0.25) is 0 Å². The number of non-ortho nitro benzene ring substituents is 1. The van der Waals surface area contributed by atoms with Crippen LogP contribution in [-0.2, 0) is 9.59 Å². The first-order valence-electron chi connectivity index (χ1n) is 7.51. The summed E-state index contributed by atoms with van der Waals surface area (Å²) < 4.78 is 13.0. The molecule has 2 aromatic rings. The van der Waals surface area contributed by atoms with Crippen LogP contribution >= 0.6 is 0 Å². The molecule has 1 heterocycles. The Bertz CT molecular complexity index is 867. The van der Waals surface area contributed by atoms with Gasteiger partial charge in [-0.15, -0.1) is 0 Å². The molecule has 0 bridgehead atoms. The molecule has 1 aliphatic rings. The number of hydrogen-bond donors (Lipinski definition) is 1. The van der Waals surface area contributed by atoms with E-state index in [2.05, 4.69) is 5.32 Å². The molecule has 1 aliphatic heterocycles. The van der Waals surface area contributed by atoms with Crippen molar-refractivity contribution in [3.63, 3.8) is 0 Å². The van der Waals surface area contributed by atoms with Crippen LogP contribution in [0.3, 0.4) is 0 Å². The summed E-state index contributed by atoms with van der Waals surface area (Å²) in [5, 5.41) is 13.8. The first kappa shape index (κ1) is 16.6. The Morgan fingerprint density at radius 1 is 1.20 bits per heavy atom. The van der Waals surface area contributed by atoms with Crippen LogP contribution in [0.4, 0.5) is 21.5 Å². The topological polar surface area (TPSA) is 92.6 Å². The fourth-order valence-electron chi connectivity index (χ4n) is 2.67. The molecule has 3 rings (SSSR count). The summed E-state index contributed by atoms with van der Waals surface area (Å²) in [6.07, 6.45) is -0.0850. The number of nitrogens with zero attached hydrogens (tertiary/aromatic N) is 2. The van der Waals surface area contributed by atoms with Crippen molar-refractivity contribution < 1.29 is 18.9 Å². The van der Waals surface area contributed by atoms with Gasteiger partial charge in [-0.25, -0.2) is 9.29 Å². The van der Waals surface area contributed by atoms with Gasteiger partial charge in [0.25, 0.3) is 11.6 Å². The van der Waals surface area contributed by atoms with Gasteiger partial charge in [-0.05, 0) is 36.8 Å². The van der Waals surface area contributed by atoms with Gasteiger partial charge < -0.3 is 5.32 Å². The maximum Gasteiger partial charge on any atom is 0.271 e. The monoisotopic (exact) mass is 343 g/mol. The van der Waals surface area contributed by atoms with Gasteiger partial charge in [-0.3, -0.25) is 19.7 Å². The van der Waals surface area contributed by atoms with Crippen molar-refractivity contribution in [2.24, 2.45) is 0 Å². The van der Waals surface area contributed by atoms with Crippen molar-refractivity contribution in [2.75, 3.05) is 10.2 Å². The maximum atomic E-state index is 13.0. The third-order valence-corrected chi connectivity index (χ3v) is 3.99. The van der Waals surface area contributed by atoms with Gasteiger partial charge >= 0.3 is 0 Å². The molecule has 1 fully saturated rings. The van der Waals surface area contributed by atoms with E-state index in [1.165, 1.54) is 36.4 Å². The number of benzene rings is 2. The van der Waals surface area contributed by atoms with Crippen molar-refractivity contribution in [3.05, 3.63) is 64.0 Å². The number of amides is 2. The molecule has 0 aliphatic carbocycles. The molecule has 128 valence electrons. The Balaban J connectivity index is 1.84. The van der Waals surface area contributed by atoms with E-state index in [1.54, 1.807) is 13.0 Å². The summed E-state index contributed by atoms with van der Waals surface area (Å²) in [4.78, 5) is 36.1. The summed E-state index contributed by atoms with van der Waals surface area (Å²) in [6.45, 7) is 1.74. The number of carbonyl (C=O) groups excluding carboxylic acids is 2. The molecule has 25 heavy (non-hydrogen) atoms. The van der Waals surface area contributed by atoms with Gasteiger partial charge in [0.1, 0.15) is 11.9 Å². The minimum Gasteiger partial charge on any atom is -0.373 e. The Labute approximate surface area is 142 Å². The zero-order chi connectivity index (χ0) is 18.1. The predicted octanol–water partition coefficient (Wildman–Crippen LogP) is 2.79. The number of rotatable bonds is 4. The minimum atomic E-state index is -0.835. The highest BCUT2D eigenvalue weighted by Gasteiger charge is 2.39. The normalized spacial score (nSPS) is 17.0. The smallest absolute Gasteiger partial charge is 0.271 e. The predicted molar refractivity (Wildman–Crippen MR) is 88.8 cm³/mol. The lowest BCUT2D eigenvalue weighted by Gasteiger charge is -2.17. The highest BCUT2D eigenvalue weighted by molar-refractivity contribution is 6.23. The number of nitrogens with one attached hydrogen (secondary N) is 1. The summed E-state index contributed by atoms with van der Waals surface area (Å²) in [5.74, 6) is -1.37. The summed E-state index contributed by atoms with van der Waals surface area (Å²) >= 11 is 0. The van der Waals surface area contributed by atoms with Crippen molar-refractivity contribution in [1.82, 2.24) is 0 Å².